The molecule has 0 bridgehead atoms. The molecular weight excluding hydrogens is 228 g/mol. The van der Waals surface area contributed by atoms with Crippen molar-refractivity contribution >= 4 is 11.3 Å². The van der Waals surface area contributed by atoms with Gasteiger partial charge in [-0.2, -0.15) is 0 Å². The van der Waals surface area contributed by atoms with Crippen molar-refractivity contribution in [3.63, 3.8) is 0 Å². The summed E-state index contributed by atoms with van der Waals surface area (Å²) in [7, 11) is 2.13. The van der Waals surface area contributed by atoms with Gasteiger partial charge in [-0.15, -0.1) is 11.3 Å². The fourth-order valence-corrected chi connectivity index (χ4v) is 2.88. The van der Waals surface area contributed by atoms with Gasteiger partial charge in [0.2, 0.25) is 0 Å². The molecule has 1 unspecified atom stereocenters. The fraction of sp³-hybridized carbons (Fsp3) is 0.286. The van der Waals surface area contributed by atoms with Gasteiger partial charge in [0, 0.05) is 18.0 Å². The SMILES string of the molecule is CN(Cc1ccccc1)C(CN)c1cccs1. The highest BCUT2D eigenvalue weighted by molar-refractivity contribution is 7.10. The van der Waals surface area contributed by atoms with Crippen molar-refractivity contribution in [3.8, 4) is 0 Å². The average Bonchev–Trinajstić information content (AvgIpc) is 2.85. The lowest BCUT2D eigenvalue weighted by atomic mass is 10.1. The van der Waals surface area contributed by atoms with Crippen LogP contribution in [0.15, 0.2) is 47.8 Å². The normalized spacial score (nSPS) is 12.9. The molecule has 0 aliphatic rings. The van der Waals surface area contributed by atoms with Gasteiger partial charge >= 0.3 is 0 Å². The molecule has 2 aromatic rings. The van der Waals surface area contributed by atoms with E-state index in [9.17, 15) is 0 Å². The zero-order valence-corrected chi connectivity index (χ0v) is 10.9. The molecule has 0 fully saturated rings. The summed E-state index contributed by atoms with van der Waals surface area (Å²) in [6.07, 6.45) is 0. The van der Waals surface area contributed by atoms with Gasteiger partial charge in [0.25, 0.3) is 0 Å². The minimum Gasteiger partial charge on any atom is -0.329 e. The first-order valence-corrected chi connectivity index (χ1v) is 6.67. The van der Waals surface area contributed by atoms with E-state index in [0.29, 0.717) is 12.6 Å². The van der Waals surface area contributed by atoms with Crippen LogP contribution in [0.1, 0.15) is 16.5 Å². The van der Waals surface area contributed by atoms with Crippen LogP contribution in [0, 0.1) is 0 Å². The van der Waals surface area contributed by atoms with Crippen LogP contribution in [0.25, 0.3) is 0 Å². The molecule has 17 heavy (non-hydrogen) atoms. The third kappa shape index (κ3) is 3.16. The van der Waals surface area contributed by atoms with Crippen LogP contribution in [0.2, 0.25) is 0 Å². The predicted molar refractivity (Wildman–Crippen MR) is 74.0 cm³/mol. The summed E-state index contributed by atoms with van der Waals surface area (Å²) in [6.45, 7) is 1.59. The van der Waals surface area contributed by atoms with Gasteiger partial charge in [-0.3, -0.25) is 4.90 Å². The minimum absolute atomic E-state index is 0.315. The summed E-state index contributed by atoms with van der Waals surface area (Å²) in [5, 5.41) is 2.11. The zero-order valence-electron chi connectivity index (χ0n) is 10.0. The summed E-state index contributed by atoms with van der Waals surface area (Å²) >= 11 is 1.77. The van der Waals surface area contributed by atoms with Crippen molar-refractivity contribution in [1.82, 2.24) is 4.90 Å². The summed E-state index contributed by atoms with van der Waals surface area (Å²) < 4.78 is 0. The predicted octanol–water partition coefficient (Wildman–Crippen LogP) is 2.88. The van der Waals surface area contributed by atoms with Gasteiger partial charge in [-0.1, -0.05) is 36.4 Å². The van der Waals surface area contributed by atoms with Crippen molar-refractivity contribution in [1.29, 1.82) is 0 Å². The Labute approximate surface area is 107 Å². The minimum atomic E-state index is 0.315. The maximum Gasteiger partial charge on any atom is 0.0564 e. The van der Waals surface area contributed by atoms with Crippen LogP contribution in [0.3, 0.4) is 0 Å². The van der Waals surface area contributed by atoms with E-state index in [4.69, 9.17) is 5.73 Å². The lowest BCUT2D eigenvalue weighted by molar-refractivity contribution is 0.245. The smallest absolute Gasteiger partial charge is 0.0564 e. The standard InChI is InChI=1S/C14H18N2S/c1-16(11-12-6-3-2-4-7-12)13(10-15)14-8-5-9-17-14/h2-9,13H,10-11,15H2,1H3. The number of nitrogens with two attached hydrogens (primary N) is 1. The lowest BCUT2D eigenvalue weighted by Gasteiger charge is -2.26. The van der Waals surface area contributed by atoms with Crippen LogP contribution in [-0.2, 0) is 6.54 Å². The van der Waals surface area contributed by atoms with Crippen molar-refractivity contribution in [2.75, 3.05) is 13.6 Å². The maximum atomic E-state index is 5.88. The molecule has 2 rings (SSSR count). The number of benzene rings is 1. The van der Waals surface area contributed by atoms with E-state index < -0.39 is 0 Å². The van der Waals surface area contributed by atoms with Gasteiger partial charge in [-0.25, -0.2) is 0 Å². The Morgan fingerprint density at radius 3 is 2.53 bits per heavy atom. The second kappa shape index (κ2) is 5.96. The molecule has 0 aliphatic heterocycles. The first kappa shape index (κ1) is 12.3. The Bertz CT molecular complexity index is 425. The highest BCUT2D eigenvalue weighted by Crippen LogP contribution is 2.24. The Kier molecular flexibility index (Phi) is 4.31. The number of rotatable bonds is 5. The van der Waals surface area contributed by atoms with E-state index >= 15 is 0 Å². The maximum absolute atomic E-state index is 5.88. The molecule has 3 heteroatoms. The van der Waals surface area contributed by atoms with Crippen molar-refractivity contribution < 1.29 is 0 Å². The number of nitrogens with zero attached hydrogens (tertiary/aromatic N) is 1. The number of likely N-dealkylation sites (N-methyl/N-ethyl adjacent to an activating group) is 1. The molecule has 1 atom stereocenters. The molecule has 0 amide bonds. The molecule has 2 N–H and O–H groups in total. The van der Waals surface area contributed by atoms with E-state index in [1.807, 2.05) is 6.07 Å². The Hall–Kier alpha value is -1.16. The number of hydrogen-bond acceptors (Lipinski definition) is 3. The third-order valence-corrected chi connectivity index (χ3v) is 3.88. The summed E-state index contributed by atoms with van der Waals surface area (Å²) in [4.78, 5) is 3.65. The molecule has 0 radical (unpaired) electrons. The molecule has 1 heterocycles. The summed E-state index contributed by atoms with van der Waals surface area (Å²) in [6, 6.07) is 15.1. The van der Waals surface area contributed by atoms with Gasteiger partial charge < -0.3 is 5.73 Å². The highest BCUT2D eigenvalue weighted by atomic mass is 32.1. The molecule has 0 aliphatic carbocycles. The third-order valence-electron chi connectivity index (χ3n) is 2.90. The first-order chi connectivity index (χ1) is 8.31. The van der Waals surface area contributed by atoms with E-state index in [-0.39, 0.29) is 0 Å². The molecular formula is C14H18N2S. The summed E-state index contributed by atoms with van der Waals surface area (Å²) in [5.41, 5.74) is 7.21. The van der Waals surface area contributed by atoms with E-state index in [0.717, 1.165) is 6.54 Å². The Morgan fingerprint density at radius 2 is 1.94 bits per heavy atom. The van der Waals surface area contributed by atoms with Gasteiger partial charge in [0.05, 0.1) is 6.04 Å². The quantitative estimate of drug-likeness (QED) is 0.879. The summed E-state index contributed by atoms with van der Waals surface area (Å²) in [5.74, 6) is 0. The van der Waals surface area contributed by atoms with Gasteiger partial charge in [-0.05, 0) is 24.1 Å². The fourth-order valence-electron chi connectivity index (χ4n) is 1.98. The van der Waals surface area contributed by atoms with Crippen molar-refractivity contribution in [2.24, 2.45) is 5.73 Å². The topological polar surface area (TPSA) is 29.3 Å². The number of hydrogen-bond donors (Lipinski definition) is 1. The van der Waals surface area contributed by atoms with E-state index in [2.05, 4.69) is 53.7 Å². The van der Waals surface area contributed by atoms with E-state index in [1.165, 1.54) is 10.4 Å². The number of thiophene rings is 1. The van der Waals surface area contributed by atoms with Crippen LogP contribution < -0.4 is 5.73 Å². The van der Waals surface area contributed by atoms with Crippen LogP contribution >= 0.6 is 11.3 Å². The first-order valence-electron chi connectivity index (χ1n) is 5.79. The lowest BCUT2D eigenvalue weighted by Crippen LogP contribution is -2.29. The van der Waals surface area contributed by atoms with Crippen LogP contribution in [0.4, 0.5) is 0 Å². The van der Waals surface area contributed by atoms with Gasteiger partial charge in [0.15, 0.2) is 0 Å². The molecule has 90 valence electrons. The monoisotopic (exact) mass is 246 g/mol. The molecule has 1 aromatic heterocycles. The molecule has 0 saturated carbocycles. The highest BCUT2D eigenvalue weighted by Gasteiger charge is 2.16. The zero-order chi connectivity index (χ0) is 12.1. The van der Waals surface area contributed by atoms with Crippen molar-refractivity contribution in [2.45, 2.75) is 12.6 Å². The van der Waals surface area contributed by atoms with Crippen LogP contribution in [0.5, 0.6) is 0 Å². The van der Waals surface area contributed by atoms with E-state index in [1.54, 1.807) is 11.3 Å². The second-order valence-electron chi connectivity index (χ2n) is 4.17. The molecule has 1 aromatic carbocycles. The molecule has 2 nitrogen and oxygen atoms in total. The molecule has 0 saturated heterocycles. The Balaban J connectivity index is 2.06. The molecule has 0 spiro atoms. The average molecular weight is 246 g/mol. The van der Waals surface area contributed by atoms with Crippen molar-refractivity contribution in [3.05, 3.63) is 58.3 Å². The Morgan fingerprint density at radius 1 is 1.18 bits per heavy atom. The van der Waals surface area contributed by atoms with Gasteiger partial charge in [0.1, 0.15) is 0 Å². The second-order valence-corrected chi connectivity index (χ2v) is 5.15. The largest absolute Gasteiger partial charge is 0.329 e. The van der Waals surface area contributed by atoms with Crippen LogP contribution in [-0.4, -0.2) is 18.5 Å².